The molecule has 2 aromatic carbocycles. The smallest absolute Gasteiger partial charge is 0.302 e. The first-order valence-corrected chi connectivity index (χ1v) is 9.00. The second-order valence-electron chi connectivity index (χ2n) is 5.53. The Labute approximate surface area is 165 Å². The van der Waals surface area contributed by atoms with Crippen LogP contribution in [0.15, 0.2) is 64.8 Å². The molecule has 0 aliphatic rings. The molecule has 0 fully saturated rings. The maximum atomic E-state index is 12.5. The highest BCUT2D eigenvalue weighted by molar-refractivity contribution is 9.10. The van der Waals surface area contributed by atoms with Gasteiger partial charge in [-0.25, -0.2) is 0 Å². The highest BCUT2D eigenvalue weighted by atomic mass is 79.9. The molecule has 0 bridgehead atoms. The fourth-order valence-electron chi connectivity index (χ4n) is 2.12. The number of hydrogen-bond donors (Lipinski definition) is 2. The number of nitrogens with one attached hydrogen (secondary N) is 2. The van der Waals surface area contributed by atoms with Gasteiger partial charge in [0.1, 0.15) is 12.3 Å². The molecule has 0 saturated heterocycles. The van der Waals surface area contributed by atoms with Crippen LogP contribution in [0.1, 0.15) is 22.8 Å². The predicted molar refractivity (Wildman–Crippen MR) is 106 cm³/mol. The average molecular weight is 431 g/mol. The lowest BCUT2D eigenvalue weighted by Crippen LogP contribution is -2.36. The Kier molecular flexibility index (Phi) is 7.76. The first-order chi connectivity index (χ1) is 13.0. The molecule has 2 aromatic rings. The summed E-state index contributed by atoms with van der Waals surface area (Å²) in [5, 5.41) is 5.26. The van der Waals surface area contributed by atoms with Crippen LogP contribution in [0.2, 0.25) is 0 Å². The van der Waals surface area contributed by atoms with E-state index in [1.165, 1.54) is 6.92 Å². The largest absolute Gasteiger partial charge is 0.464 e. The molecule has 2 rings (SSSR count). The van der Waals surface area contributed by atoms with Gasteiger partial charge in [0.05, 0.1) is 6.54 Å². The van der Waals surface area contributed by atoms with E-state index in [2.05, 4.69) is 26.6 Å². The standard InChI is InChI=1S/C20H19BrN2O4/c1-14(24)27-12-11-22-20(26)18(13-15-5-3-2-4-6-15)23-19(25)16-7-9-17(21)10-8-16/h2-10,13H,11-12H2,1H3,(H,22,26)(H,23,25)/b18-13-. The van der Waals surface area contributed by atoms with E-state index in [1.54, 1.807) is 30.3 Å². The molecule has 2 amide bonds. The van der Waals surface area contributed by atoms with Gasteiger partial charge in [-0.3, -0.25) is 14.4 Å². The van der Waals surface area contributed by atoms with Gasteiger partial charge in [-0.15, -0.1) is 0 Å². The molecule has 27 heavy (non-hydrogen) atoms. The van der Waals surface area contributed by atoms with Crippen molar-refractivity contribution in [3.63, 3.8) is 0 Å². The third-order valence-electron chi connectivity index (χ3n) is 3.40. The normalized spacial score (nSPS) is 10.8. The molecule has 0 heterocycles. The first kappa shape index (κ1) is 20.4. The summed E-state index contributed by atoms with van der Waals surface area (Å²) in [5.74, 6) is -1.30. The van der Waals surface area contributed by atoms with E-state index in [0.717, 1.165) is 10.0 Å². The van der Waals surface area contributed by atoms with Crippen molar-refractivity contribution in [2.45, 2.75) is 6.92 Å². The minimum Gasteiger partial charge on any atom is -0.464 e. The SMILES string of the molecule is CC(=O)OCCNC(=O)/C(=C/c1ccccc1)NC(=O)c1ccc(Br)cc1. The minimum absolute atomic E-state index is 0.0559. The van der Waals surface area contributed by atoms with E-state index in [0.29, 0.717) is 5.56 Å². The van der Waals surface area contributed by atoms with E-state index in [4.69, 9.17) is 4.74 Å². The number of esters is 1. The number of ether oxygens (including phenoxy) is 1. The van der Waals surface area contributed by atoms with Gasteiger partial charge in [0.15, 0.2) is 0 Å². The van der Waals surface area contributed by atoms with Crippen LogP contribution in [-0.4, -0.2) is 30.9 Å². The molecule has 7 heteroatoms. The zero-order valence-electron chi connectivity index (χ0n) is 14.7. The number of amides is 2. The molecule has 0 aliphatic carbocycles. The predicted octanol–water partition coefficient (Wildman–Crippen LogP) is 2.90. The van der Waals surface area contributed by atoms with Crippen molar-refractivity contribution in [3.8, 4) is 0 Å². The van der Waals surface area contributed by atoms with Crippen molar-refractivity contribution in [2.24, 2.45) is 0 Å². The highest BCUT2D eigenvalue weighted by Crippen LogP contribution is 2.11. The summed E-state index contributed by atoms with van der Waals surface area (Å²) in [4.78, 5) is 35.7. The van der Waals surface area contributed by atoms with E-state index in [-0.39, 0.29) is 18.8 Å². The molecular formula is C20H19BrN2O4. The van der Waals surface area contributed by atoms with Gasteiger partial charge in [-0.1, -0.05) is 46.3 Å². The number of carbonyl (C=O) groups excluding carboxylic acids is 3. The lowest BCUT2D eigenvalue weighted by Gasteiger charge is -2.11. The number of carbonyl (C=O) groups is 3. The number of benzene rings is 2. The van der Waals surface area contributed by atoms with Crippen LogP contribution in [0.4, 0.5) is 0 Å². The molecular weight excluding hydrogens is 412 g/mol. The van der Waals surface area contributed by atoms with Gasteiger partial charge in [0, 0.05) is 17.0 Å². The van der Waals surface area contributed by atoms with Crippen molar-refractivity contribution in [3.05, 3.63) is 75.9 Å². The van der Waals surface area contributed by atoms with Crippen molar-refractivity contribution >= 4 is 39.8 Å². The van der Waals surface area contributed by atoms with Crippen LogP contribution in [-0.2, 0) is 14.3 Å². The summed E-state index contributed by atoms with van der Waals surface area (Å²) in [6.07, 6.45) is 1.58. The van der Waals surface area contributed by atoms with Gasteiger partial charge in [0.25, 0.3) is 11.8 Å². The Morgan fingerprint density at radius 1 is 1.04 bits per heavy atom. The molecule has 0 spiro atoms. The van der Waals surface area contributed by atoms with E-state index < -0.39 is 17.8 Å². The number of halogens is 1. The van der Waals surface area contributed by atoms with Crippen LogP contribution in [0.3, 0.4) is 0 Å². The van der Waals surface area contributed by atoms with Crippen LogP contribution < -0.4 is 10.6 Å². The van der Waals surface area contributed by atoms with Gasteiger partial charge in [-0.05, 0) is 35.9 Å². The summed E-state index contributed by atoms with van der Waals surface area (Å²) in [6.45, 7) is 1.49. The van der Waals surface area contributed by atoms with Gasteiger partial charge in [0.2, 0.25) is 0 Å². The number of rotatable bonds is 7. The Morgan fingerprint density at radius 2 is 1.70 bits per heavy atom. The second-order valence-corrected chi connectivity index (χ2v) is 6.44. The van der Waals surface area contributed by atoms with Crippen molar-refractivity contribution in [1.82, 2.24) is 10.6 Å². The van der Waals surface area contributed by atoms with E-state index >= 15 is 0 Å². The Morgan fingerprint density at radius 3 is 2.33 bits per heavy atom. The Hall–Kier alpha value is -2.93. The lowest BCUT2D eigenvalue weighted by molar-refractivity contribution is -0.141. The van der Waals surface area contributed by atoms with Gasteiger partial charge < -0.3 is 15.4 Å². The first-order valence-electron chi connectivity index (χ1n) is 8.21. The topological polar surface area (TPSA) is 84.5 Å². The minimum atomic E-state index is -0.475. The highest BCUT2D eigenvalue weighted by Gasteiger charge is 2.14. The molecule has 6 nitrogen and oxygen atoms in total. The van der Waals surface area contributed by atoms with Crippen LogP contribution >= 0.6 is 15.9 Å². The van der Waals surface area contributed by atoms with E-state index in [9.17, 15) is 14.4 Å². The monoisotopic (exact) mass is 430 g/mol. The average Bonchev–Trinajstić information content (AvgIpc) is 2.65. The third-order valence-corrected chi connectivity index (χ3v) is 3.93. The molecule has 2 N–H and O–H groups in total. The van der Waals surface area contributed by atoms with Crippen molar-refractivity contribution in [1.29, 1.82) is 0 Å². The van der Waals surface area contributed by atoms with Gasteiger partial charge >= 0.3 is 5.97 Å². The van der Waals surface area contributed by atoms with Crippen molar-refractivity contribution in [2.75, 3.05) is 13.2 Å². The number of hydrogen-bond acceptors (Lipinski definition) is 4. The van der Waals surface area contributed by atoms with Gasteiger partial charge in [-0.2, -0.15) is 0 Å². The zero-order chi connectivity index (χ0) is 19.6. The van der Waals surface area contributed by atoms with Crippen LogP contribution in [0.25, 0.3) is 6.08 Å². The maximum Gasteiger partial charge on any atom is 0.302 e. The molecule has 0 aromatic heterocycles. The Balaban J connectivity index is 2.13. The summed E-state index contributed by atoms with van der Waals surface area (Å²) >= 11 is 3.32. The molecule has 0 unspecified atom stereocenters. The quantitative estimate of drug-likeness (QED) is 0.401. The van der Waals surface area contributed by atoms with Crippen LogP contribution in [0.5, 0.6) is 0 Å². The maximum absolute atomic E-state index is 12.5. The fourth-order valence-corrected chi connectivity index (χ4v) is 2.39. The molecule has 0 saturated carbocycles. The van der Waals surface area contributed by atoms with Crippen LogP contribution in [0, 0.1) is 0 Å². The van der Waals surface area contributed by atoms with E-state index in [1.807, 2.05) is 30.3 Å². The lowest BCUT2D eigenvalue weighted by atomic mass is 10.1. The molecule has 140 valence electrons. The summed E-state index contributed by atoms with van der Waals surface area (Å²) in [7, 11) is 0. The fraction of sp³-hybridized carbons (Fsp3) is 0.150. The Bertz CT molecular complexity index is 833. The van der Waals surface area contributed by atoms with Crippen molar-refractivity contribution < 1.29 is 19.1 Å². The summed E-state index contributed by atoms with van der Waals surface area (Å²) in [5.41, 5.74) is 1.28. The summed E-state index contributed by atoms with van der Waals surface area (Å²) < 4.78 is 5.64. The molecule has 0 aliphatic heterocycles. The third kappa shape index (κ3) is 7.07. The zero-order valence-corrected chi connectivity index (χ0v) is 16.3. The molecule has 0 atom stereocenters. The second kappa shape index (κ2) is 10.3. The molecule has 0 radical (unpaired) electrons. The summed E-state index contributed by atoms with van der Waals surface area (Å²) in [6, 6.07) is 15.9.